The molecule has 0 saturated heterocycles. The van der Waals surface area contributed by atoms with Crippen molar-refractivity contribution in [2.24, 2.45) is 4.99 Å². The molecule has 0 fully saturated rings. The van der Waals surface area contributed by atoms with Gasteiger partial charge in [-0.3, -0.25) is 4.79 Å². The smallest absolute Gasteiger partial charge is 0.550 e. The van der Waals surface area contributed by atoms with Crippen LogP contribution in [0.2, 0.25) is 0 Å². The molecule has 24 heavy (non-hydrogen) atoms. The number of carbonyl (C=O) groups excluding carboxylic acids is 3. The van der Waals surface area contributed by atoms with E-state index in [2.05, 4.69) is 11.9 Å². The molecular formula is C16H27NNa2O5. The molecule has 0 aliphatic carbocycles. The summed E-state index contributed by atoms with van der Waals surface area (Å²) in [4.78, 5) is 33.2. The van der Waals surface area contributed by atoms with Crippen LogP contribution in [-0.4, -0.2) is 24.1 Å². The van der Waals surface area contributed by atoms with E-state index in [9.17, 15) is 14.7 Å². The van der Waals surface area contributed by atoms with Crippen LogP contribution in [0, 0.1) is 0 Å². The van der Waals surface area contributed by atoms with Crippen LogP contribution in [0.15, 0.2) is 4.99 Å². The van der Waals surface area contributed by atoms with Gasteiger partial charge in [0, 0.05) is 12.4 Å². The SMILES string of the molecule is CC(=O)[O-].CCCCCCCCCCCC(=O)N=CC(=O)[O-].[Na+].[Na+]. The van der Waals surface area contributed by atoms with Gasteiger partial charge in [0.1, 0.15) is 0 Å². The molecule has 0 rings (SSSR count). The molecule has 0 spiro atoms. The van der Waals surface area contributed by atoms with E-state index in [1.807, 2.05) is 0 Å². The topological polar surface area (TPSA) is 110 Å². The molecule has 0 bridgehead atoms. The predicted molar refractivity (Wildman–Crippen MR) is 81.0 cm³/mol. The molecule has 0 aliphatic rings. The normalized spacial score (nSPS) is 9.25. The molecule has 0 radical (unpaired) electrons. The molecule has 0 heterocycles. The number of nitrogens with zero attached hydrogens (tertiary/aromatic N) is 1. The average molecular weight is 359 g/mol. The number of carboxylic acid groups (broad SMARTS) is 2. The number of unbranched alkanes of at least 4 members (excludes halogenated alkanes) is 8. The molecule has 6 nitrogen and oxygen atoms in total. The quantitative estimate of drug-likeness (QED) is 0.208. The van der Waals surface area contributed by atoms with Gasteiger partial charge in [0.2, 0.25) is 5.91 Å². The van der Waals surface area contributed by atoms with Crippen molar-refractivity contribution in [2.75, 3.05) is 0 Å². The van der Waals surface area contributed by atoms with Crippen molar-refractivity contribution < 1.29 is 83.7 Å². The molecule has 0 N–H and O–H groups in total. The Labute approximate surface area is 189 Å². The number of rotatable bonds is 11. The van der Waals surface area contributed by atoms with Gasteiger partial charge >= 0.3 is 59.1 Å². The summed E-state index contributed by atoms with van der Waals surface area (Å²) in [5, 5.41) is 18.9. The summed E-state index contributed by atoms with van der Waals surface area (Å²) in [5.74, 6) is -2.88. The number of aliphatic imine (C=N–C) groups is 1. The van der Waals surface area contributed by atoms with Crippen molar-refractivity contribution in [1.29, 1.82) is 0 Å². The predicted octanol–water partition coefficient (Wildman–Crippen LogP) is -4.98. The van der Waals surface area contributed by atoms with Gasteiger partial charge in [-0.2, -0.15) is 0 Å². The van der Waals surface area contributed by atoms with Gasteiger partial charge in [0.05, 0.1) is 12.2 Å². The van der Waals surface area contributed by atoms with Crippen LogP contribution in [0.3, 0.4) is 0 Å². The molecule has 0 aliphatic heterocycles. The second-order valence-corrected chi connectivity index (χ2v) is 5.04. The first kappa shape index (κ1) is 32.0. The van der Waals surface area contributed by atoms with Crippen molar-refractivity contribution >= 4 is 24.1 Å². The number of hydrogen-bond acceptors (Lipinski definition) is 5. The molecule has 0 saturated carbocycles. The minimum atomic E-state index is -1.42. The third-order valence-corrected chi connectivity index (χ3v) is 2.81. The minimum Gasteiger partial charge on any atom is -0.550 e. The Kier molecular flexibility index (Phi) is 34.0. The molecule has 128 valence electrons. The van der Waals surface area contributed by atoms with Gasteiger partial charge in [0.15, 0.2) is 0 Å². The fourth-order valence-electron chi connectivity index (χ4n) is 1.78. The van der Waals surface area contributed by atoms with Crippen LogP contribution in [0.25, 0.3) is 0 Å². The Morgan fingerprint density at radius 1 is 0.833 bits per heavy atom. The third-order valence-electron chi connectivity index (χ3n) is 2.81. The van der Waals surface area contributed by atoms with Crippen LogP contribution in [0.4, 0.5) is 0 Å². The molecule has 0 aromatic heterocycles. The van der Waals surface area contributed by atoms with E-state index in [1.165, 1.54) is 38.5 Å². The van der Waals surface area contributed by atoms with E-state index in [0.717, 1.165) is 26.2 Å². The first-order valence-corrected chi connectivity index (χ1v) is 7.85. The molecule has 0 unspecified atom stereocenters. The Morgan fingerprint density at radius 2 is 1.21 bits per heavy atom. The van der Waals surface area contributed by atoms with E-state index in [1.54, 1.807) is 0 Å². The van der Waals surface area contributed by atoms with Gasteiger partial charge in [-0.15, -0.1) is 0 Å². The minimum absolute atomic E-state index is 0. The zero-order valence-corrected chi connectivity index (χ0v) is 19.6. The maximum absolute atomic E-state index is 11.1. The van der Waals surface area contributed by atoms with Crippen LogP contribution < -0.4 is 69.3 Å². The monoisotopic (exact) mass is 359 g/mol. The van der Waals surface area contributed by atoms with Crippen molar-refractivity contribution in [3.63, 3.8) is 0 Å². The second-order valence-electron chi connectivity index (χ2n) is 5.04. The number of aliphatic carboxylic acids is 2. The summed E-state index contributed by atoms with van der Waals surface area (Å²) < 4.78 is 0. The first-order valence-electron chi connectivity index (χ1n) is 7.85. The van der Waals surface area contributed by atoms with E-state index in [4.69, 9.17) is 9.90 Å². The molecular weight excluding hydrogens is 332 g/mol. The van der Waals surface area contributed by atoms with Crippen LogP contribution in [-0.2, 0) is 14.4 Å². The largest absolute Gasteiger partial charge is 1.00 e. The summed E-state index contributed by atoms with van der Waals surface area (Å²) in [5.41, 5.74) is 0. The molecule has 8 heteroatoms. The van der Waals surface area contributed by atoms with Crippen LogP contribution in [0.5, 0.6) is 0 Å². The fraction of sp³-hybridized carbons (Fsp3) is 0.750. The van der Waals surface area contributed by atoms with Crippen LogP contribution >= 0.6 is 0 Å². The molecule has 0 aromatic rings. The molecule has 1 amide bonds. The standard InChI is InChI=1S/C14H25NO3.C2H4O2.2Na/c1-2-3-4-5-6-7-8-9-10-11-13(16)15-12-14(17)18;1-2(3)4;;/h12H,2-11H2,1H3,(H,17,18);1H3,(H,3,4);;/q;;2*+1/p-2. The first-order chi connectivity index (χ1) is 10.4. The summed E-state index contributed by atoms with van der Waals surface area (Å²) >= 11 is 0. The summed E-state index contributed by atoms with van der Waals surface area (Å²) in [7, 11) is 0. The van der Waals surface area contributed by atoms with Gasteiger partial charge in [0.25, 0.3) is 0 Å². The van der Waals surface area contributed by atoms with Crippen molar-refractivity contribution in [2.45, 2.75) is 78.1 Å². The zero-order valence-electron chi connectivity index (χ0n) is 15.6. The Bertz CT molecular complexity index is 345. The summed E-state index contributed by atoms with van der Waals surface area (Å²) in [6.07, 6.45) is 11.6. The van der Waals surface area contributed by atoms with Crippen molar-refractivity contribution in [3.05, 3.63) is 0 Å². The van der Waals surface area contributed by atoms with E-state index >= 15 is 0 Å². The summed E-state index contributed by atoms with van der Waals surface area (Å²) in [6, 6.07) is 0. The number of hydrogen-bond donors (Lipinski definition) is 0. The van der Waals surface area contributed by atoms with Gasteiger partial charge in [-0.05, 0) is 13.3 Å². The Balaban J connectivity index is -0.000000298. The number of carboxylic acids is 2. The number of amides is 1. The van der Waals surface area contributed by atoms with E-state index < -0.39 is 11.9 Å². The average Bonchev–Trinajstić information content (AvgIpc) is 2.42. The van der Waals surface area contributed by atoms with Gasteiger partial charge in [-0.1, -0.05) is 58.3 Å². The number of carbonyl (C=O) groups is 3. The maximum atomic E-state index is 11.1. The molecule has 0 aromatic carbocycles. The third kappa shape index (κ3) is 38.1. The fourth-order valence-corrected chi connectivity index (χ4v) is 1.78. The maximum Gasteiger partial charge on any atom is 1.00 e. The second kappa shape index (κ2) is 25.5. The van der Waals surface area contributed by atoms with Crippen molar-refractivity contribution in [1.82, 2.24) is 0 Å². The molecule has 0 atom stereocenters. The van der Waals surface area contributed by atoms with E-state index in [0.29, 0.717) is 12.6 Å². The zero-order chi connectivity index (χ0) is 17.2. The van der Waals surface area contributed by atoms with Gasteiger partial charge < -0.3 is 19.8 Å². The summed E-state index contributed by atoms with van der Waals surface area (Å²) in [6.45, 7) is 3.18. The van der Waals surface area contributed by atoms with E-state index in [-0.39, 0.29) is 65.0 Å². The Hall–Kier alpha value is 0.280. The Morgan fingerprint density at radius 3 is 1.58 bits per heavy atom. The van der Waals surface area contributed by atoms with Gasteiger partial charge in [-0.25, -0.2) is 4.99 Å². The van der Waals surface area contributed by atoms with Crippen molar-refractivity contribution in [3.8, 4) is 0 Å². The van der Waals surface area contributed by atoms with Crippen LogP contribution in [0.1, 0.15) is 78.1 Å².